The molecule has 26 heavy (non-hydrogen) atoms. The van der Waals surface area contributed by atoms with Crippen molar-refractivity contribution in [3.8, 4) is 5.75 Å². The minimum Gasteiger partial charge on any atom is -0.507 e. The van der Waals surface area contributed by atoms with Crippen LogP contribution in [-0.2, 0) is 12.8 Å². The maximum absolute atomic E-state index is 11.1. The van der Waals surface area contributed by atoms with Gasteiger partial charge in [-0.25, -0.2) is 14.8 Å². The summed E-state index contributed by atoms with van der Waals surface area (Å²) in [6.45, 7) is 4.13. The highest BCUT2D eigenvalue weighted by molar-refractivity contribution is 7.19. The van der Waals surface area contributed by atoms with Gasteiger partial charge in [0.25, 0.3) is 0 Å². The summed E-state index contributed by atoms with van der Waals surface area (Å²) in [5.74, 6) is 0.641. The number of carbonyl (C=O) groups is 1. The van der Waals surface area contributed by atoms with Crippen LogP contribution in [0.25, 0.3) is 10.2 Å². The van der Waals surface area contributed by atoms with Gasteiger partial charge in [0, 0.05) is 16.6 Å². The van der Waals surface area contributed by atoms with E-state index in [1.54, 1.807) is 17.4 Å². The minimum absolute atomic E-state index is 0.124. The number of carboxylic acids is 1. The molecule has 0 saturated carbocycles. The van der Waals surface area contributed by atoms with Gasteiger partial charge in [0.2, 0.25) is 0 Å². The third-order valence-electron chi connectivity index (χ3n) is 4.76. The minimum atomic E-state index is -1.16. The molecule has 1 aliphatic carbocycles. The molecule has 7 heteroatoms. The molecule has 0 spiro atoms. The Morgan fingerprint density at radius 1 is 1.35 bits per heavy atom. The summed E-state index contributed by atoms with van der Waals surface area (Å²) in [7, 11) is 0. The van der Waals surface area contributed by atoms with Gasteiger partial charge in [-0.15, -0.1) is 11.3 Å². The van der Waals surface area contributed by atoms with Crippen LogP contribution < -0.4 is 5.32 Å². The lowest BCUT2D eigenvalue weighted by molar-refractivity contribution is 0.0694. The second-order valence-corrected chi connectivity index (χ2v) is 7.90. The SMILES string of the molecule is Cc1nc(Nc2ccc(C(=O)O)c(O)c2)c2c3c(sc2n1)CC(C)CC3. The number of fused-ring (bicyclic) bond motifs is 3. The van der Waals surface area contributed by atoms with Crippen LogP contribution in [0.15, 0.2) is 18.2 Å². The Kier molecular flexibility index (Phi) is 4.03. The van der Waals surface area contributed by atoms with Crippen molar-refractivity contribution in [2.24, 2.45) is 5.92 Å². The van der Waals surface area contributed by atoms with Crippen molar-refractivity contribution >= 4 is 39.0 Å². The van der Waals surface area contributed by atoms with Crippen LogP contribution in [0.1, 0.15) is 40.0 Å². The Labute approximate surface area is 154 Å². The van der Waals surface area contributed by atoms with E-state index in [1.807, 2.05) is 6.92 Å². The predicted octanol–water partition coefficient (Wildman–Crippen LogP) is 4.27. The quantitative estimate of drug-likeness (QED) is 0.638. The highest BCUT2D eigenvalue weighted by Crippen LogP contribution is 2.40. The van der Waals surface area contributed by atoms with Crippen LogP contribution in [0.3, 0.4) is 0 Å². The molecule has 1 unspecified atom stereocenters. The van der Waals surface area contributed by atoms with Crippen molar-refractivity contribution in [2.45, 2.75) is 33.1 Å². The Morgan fingerprint density at radius 3 is 2.88 bits per heavy atom. The number of thiophene rings is 1. The van der Waals surface area contributed by atoms with Gasteiger partial charge in [-0.1, -0.05) is 6.92 Å². The molecule has 0 radical (unpaired) electrons. The van der Waals surface area contributed by atoms with E-state index in [0.717, 1.165) is 29.5 Å². The first-order chi connectivity index (χ1) is 12.4. The fraction of sp³-hybridized carbons (Fsp3) is 0.316. The number of hydrogen-bond donors (Lipinski definition) is 3. The van der Waals surface area contributed by atoms with Gasteiger partial charge in [0.15, 0.2) is 0 Å². The molecule has 3 aromatic rings. The van der Waals surface area contributed by atoms with E-state index >= 15 is 0 Å². The summed E-state index contributed by atoms with van der Waals surface area (Å²) < 4.78 is 0. The second-order valence-electron chi connectivity index (χ2n) is 6.81. The Hall–Kier alpha value is -2.67. The summed E-state index contributed by atoms with van der Waals surface area (Å²) in [6, 6.07) is 4.43. The molecule has 1 aliphatic rings. The van der Waals surface area contributed by atoms with Crippen molar-refractivity contribution in [2.75, 3.05) is 5.32 Å². The van der Waals surface area contributed by atoms with Crippen LogP contribution in [0.5, 0.6) is 5.75 Å². The lowest BCUT2D eigenvalue weighted by Gasteiger charge is -2.18. The normalized spacial score (nSPS) is 16.5. The van der Waals surface area contributed by atoms with Crippen molar-refractivity contribution in [3.05, 3.63) is 40.0 Å². The maximum Gasteiger partial charge on any atom is 0.339 e. The average molecular weight is 369 g/mol. The van der Waals surface area contributed by atoms with Crippen molar-refractivity contribution in [1.29, 1.82) is 0 Å². The molecular weight excluding hydrogens is 350 g/mol. The summed E-state index contributed by atoms with van der Waals surface area (Å²) in [4.78, 5) is 22.6. The standard InChI is InChI=1S/C19H19N3O3S/c1-9-3-5-13-15(7-9)26-18-16(13)17(20-10(2)21-18)22-11-4-6-12(19(24)25)14(23)8-11/h4,6,8-9,23H,3,5,7H2,1-2H3,(H,24,25)(H,20,21,22). The molecule has 0 saturated heterocycles. The third-order valence-corrected chi connectivity index (χ3v) is 5.91. The van der Waals surface area contributed by atoms with E-state index < -0.39 is 5.97 Å². The fourth-order valence-corrected chi connectivity index (χ4v) is 4.89. The molecule has 0 bridgehead atoms. The number of aromatic carboxylic acids is 1. The smallest absolute Gasteiger partial charge is 0.339 e. The van der Waals surface area contributed by atoms with E-state index in [9.17, 15) is 9.90 Å². The fourth-order valence-electron chi connectivity index (χ4n) is 3.47. The number of carboxylic acid groups (broad SMARTS) is 1. The lowest BCUT2D eigenvalue weighted by Crippen LogP contribution is -2.09. The molecule has 134 valence electrons. The van der Waals surface area contributed by atoms with Gasteiger partial charge in [0.05, 0.1) is 5.39 Å². The Morgan fingerprint density at radius 2 is 2.15 bits per heavy atom. The first-order valence-electron chi connectivity index (χ1n) is 8.54. The molecule has 1 aromatic carbocycles. The molecule has 1 atom stereocenters. The monoisotopic (exact) mass is 369 g/mol. The van der Waals surface area contributed by atoms with Crippen molar-refractivity contribution < 1.29 is 15.0 Å². The number of aromatic nitrogens is 2. The largest absolute Gasteiger partial charge is 0.507 e. The van der Waals surface area contributed by atoms with Gasteiger partial charge in [-0.05, 0) is 49.8 Å². The molecule has 0 fully saturated rings. The molecule has 4 rings (SSSR count). The molecule has 0 aliphatic heterocycles. The first kappa shape index (κ1) is 16.8. The van der Waals surface area contributed by atoms with Crippen LogP contribution in [0.2, 0.25) is 0 Å². The molecule has 2 aromatic heterocycles. The van der Waals surface area contributed by atoms with Gasteiger partial charge in [0.1, 0.15) is 27.8 Å². The molecule has 6 nitrogen and oxygen atoms in total. The zero-order chi connectivity index (χ0) is 18.4. The van der Waals surface area contributed by atoms with Crippen LogP contribution in [-0.4, -0.2) is 26.2 Å². The third kappa shape index (κ3) is 2.88. The molecule has 0 amide bonds. The van der Waals surface area contributed by atoms with E-state index in [-0.39, 0.29) is 11.3 Å². The maximum atomic E-state index is 11.1. The van der Waals surface area contributed by atoms with E-state index in [2.05, 4.69) is 22.2 Å². The average Bonchev–Trinajstić information content (AvgIpc) is 2.91. The number of rotatable bonds is 3. The molecular formula is C19H19N3O3S. The topological polar surface area (TPSA) is 95.3 Å². The number of benzene rings is 1. The number of aromatic hydroxyl groups is 1. The van der Waals surface area contributed by atoms with E-state index in [4.69, 9.17) is 5.11 Å². The van der Waals surface area contributed by atoms with Gasteiger partial charge in [-0.3, -0.25) is 0 Å². The number of hydrogen-bond acceptors (Lipinski definition) is 6. The summed E-state index contributed by atoms with van der Waals surface area (Å²) in [5, 5.41) is 23.3. The van der Waals surface area contributed by atoms with Crippen LogP contribution in [0.4, 0.5) is 11.5 Å². The predicted molar refractivity (Wildman–Crippen MR) is 102 cm³/mol. The highest BCUT2D eigenvalue weighted by atomic mass is 32.1. The molecule has 3 N–H and O–H groups in total. The van der Waals surface area contributed by atoms with Crippen LogP contribution in [0, 0.1) is 12.8 Å². The highest BCUT2D eigenvalue weighted by Gasteiger charge is 2.23. The Balaban J connectivity index is 1.79. The summed E-state index contributed by atoms with van der Waals surface area (Å²) in [6.07, 6.45) is 3.24. The molecule has 2 heterocycles. The van der Waals surface area contributed by atoms with Gasteiger partial charge >= 0.3 is 5.97 Å². The van der Waals surface area contributed by atoms with Crippen molar-refractivity contribution in [1.82, 2.24) is 9.97 Å². The van der Waals surface area contributed by atoms with Crippen molar-refractivity contribution in [3.63, 3.8) is 0 Å². The second kappa shape index (κ2) is 6.25. The number of anilines is 2. The number of aryl methyl sites for hydroxylation is 2. The Bertz CT molecular complexity index is 1030. The first-order valence-corrected chi connectivity index (χ1v) is 9.36. The van der Waals surface area contributed by atoms with E-state index in [1.165, 1.54) is 22.6 Å². The van der Waals surface area contributed by atoms with E-state index in [0.29, 0.717) is 23.2 Å². The zero-order valence-corrected chi connectivity index (χ0v) is 15.4. The van der Waals surface area contributed by atoms with Gasteiger partial charge < -0.3 is 15.5 Å². The number of nitrogens with zero attached hydrogens (tertiary/aromatic N) is 2. The number of phenols is 1. The zero-order valence-electron chi connectivity index (χ0n) is 14.5. The summed E-state index contributed by atoms with van der Waals surface area (Å²) >= 11 is 1.73. The van der Waals surface area contributed by atoms with Gasteiger partial charge in [-0.2, -0.15) is 0 Å². The number of nitrogens with one attached hydrogen (secondary N) is 1. The van der Waals surface area contributed by atoms with Crippen LogP contribution >= 0.6 is 11.3 Å². The lowest BCUT2D eigenvalue weighted by atomic mass is 9.89. The summed E-state index contributed by atoms with van der Waals surface area (Å²) in [5.41, 5.74) is 1.79.